The predicted molar refractivity (Wildman–Crippen MR) is 137 cm³/mol. The lowest BCUT2D eigenvalue weighted by Crippen LogP contribution is -2.67. The van der Waals surface area contributed by atoms with Crippen molar-refractivity contribution in [1.29, 1.82) is 0 Å². The van der Waals surface area contributed by atoms with E-state index in [2.05, 4.69) is 25.4 Å². The highest BCUT2D eigenvalue weighted by Crippen LogP contribution is 2.30. The fourth-order valence-electron chi connectivity index (χ4n) is 5.09. The van der Waals surface area contributed by atoms with Crippen molar-refractivity contribution in [2.24, 2.45) is 0 Å². The van der Waals surface area contributed by atoms with Crippen molar-refractivity contribution in [1.82, 2.24) is 34.5 Å². The Morgan fingerprint density at radius 1 is 1.12 bits per heavy atom. The van der Waals surface area contributed by atoms with Gasteiger partial charge in [-0.2, -0.15) is 5.10 Å². The van der Waals surface area contributed by atoms with Gasteiger partial charge in [0.05, 0.1) is 30.5 Å². The second-order valence-corrected chi connectivity index (χ2v) is 10.7. The van der Waals surface area contributed by atoms with Crippen molar-refractivity contribution in [2.45, 2.75) is 57.3 Å². The van der Waals surface area contributed by atoms with Gasteiger partial charge in [0, 0.05) is 32.1 Å². The van der Waals surface area contributed by atoms with Gasteiger partial charge in [0.25, 0.3) is 5.91 Å². The second kappa shape index (κ2) is 10.5. The molecule has 4 heterocycles. The predicted octanol–water partition coefficient (Wildman–Crippen LogP) is 1.77. The van der Waals surface area contributed by atoms with E-state index in [1.54, 1.807) is 16.5 Å². The van der Waals surface area contributed by atoms with Gasteiger partial charge in [-0.3, -0.25) is 14.5 Å². The molecule has 0 aliphatic carbocycles. The molecule has 0 radical (unpaired) electrons. The molecule has 3 aromatic rings. The first-order valence-corrected chi connectivity index (χ1v) is 12.9. The van der Waals surface area contributed by atoms with E-state index in [9.17, 15) is 23.5 Å². The zero-order valence-electron chi connectivity index (χ0n) is 22.3. The number of ether oxygens (including phenoxy) is 1. The van der Waals surface area contributed by atoms with E-state index in [1.165, 1.54) is 18.7 Å². The average molecular weight is 557 g/mol. The Bertz CT molecular complexity index is 1420. The van der Waals surface area contributed by atoms with Crippen molar-refractivity contribution in [2.75, 3.05) is 25.0 Å². The standard InChI is InChI=1S/C26H30F2N8O4/c1-16(23(37)33-20-11-30-22(12-29-20)40-19-5-4-17(27)10-18(19)28)34-8-9-35(25(2,3)13-34)24(38)26(39)7-6-21-31-15-32-36(21)14-26/h4-5,10-12,15-16,39H,6-9,13-14H2,1-3H3,(H,29,33,37). The van der Waals surface area contributed by atoms with E-state index >= 15 is 0 Å². The summed E-state index contributed by atoms with van der Waals surface area (Å²) in [5.74, 6) is -1.61. The van der Waals surface area contributed by atoms with Crippen molar-refractivity contribution >= 4 is 17.6 Å². The summed E-state index contributed by atoms with van der Waals surface area (Å²) in [6.45, 7) is 6.79. The minimum atomic E-state index is -1.57. The van der Waals surface area contributed by atoms with E-state index in [0.717, 1.165) is 18.0 Å². The smallest absolute Gasteiger partial charge is 0.257 e. The average Bonchev–Trinajstić information content (AvgIpc) is 3.37. The Kier molecular flexibility index (Phi) is 7.23. The van der Waals surface area contributed by atoms with Gasteiger partial charge >= 0.3 is 0 Å². The Morgan fingerprint density at radius 2 is 1.93 bits per heavy atom. The number of amides is 2. The number of aryl methyl sites for hydroxylation is 1. The first kappa shape index (κ1) is 27.5. The number of fused-ring (bicyclic) bond motifs is 1. The third-order valence-corrected chi connectivity index (χ3v) is 7.36. The quantitative estimate of drug-likeness (QED) is 0.465. The zero-order chi connectivity index (χ0) is 28.7. The van der Waals surface area contributed by atoms with Crippen LogP contribution in [0.4, 0.5) is 14.6 Å². The summed E-state index contributed by atoms with van der Waals surface area (Å²) in [5, 5.41) is 18.0. The number of aliphatic hydroxyl groups is 1. The number of rotatable bonds is 6. The van der Waals surface area contributed by atoms with Crippen molar-refractivity contribution in [3.05, 3.63) is 54.4 Å². The molecular formula is C26H30F2N8O4. The summed E-state index contributed by atoms with van der Waals surface area (Å²) >= 11 is 0. The fraction of sp³-hybridized carbons (Fsp3) is 0.462. The van der Waals surface area contributed by atoms with Gasteiger partial charge in [0.2, 0.25) is 11.8 Å². The number of hydrogen-bond donors (Lipinski definition) is 2. The van der Waals surface area contributed by atoms with Crippen molar-refractivity contribution < 1.29 is 28.2 Å². The molecule has 0 spiro atoms. The topological polar surface area (TPSA) is 139 Å². The van der Waals surface area contributed by atoms with Crippen LogP contribution in [0.3, 0.4) is 0 Å². The van der Waals surface area contributed by atoms with Crippen molar-refractivity contribution in [3.8, 4) is 11.6 Å². The van der Waals surface area contributed by atoms with Gasteiger partial charge < -0.3 is 20.1 Å². The molecule has 2 aliphatic heterocycles. The molecule has 2 aromatic heterocycles. The Balaban J connectivity index is 1.18. The lowest BCUT2D eigenvalue weighted by atomic mass is 9.88. The number of carbonyl (C=O) groups excluding carboxylic acids is 2. The molecule has 1 aromatic carbocycles. The summed E-state index contributed by atoms with van der Waals surface area (Å²) in [6.07, 6.45) is 4.63. The lowest BCUT2D eigenvalue weighted by Gasteiger charge is -2.50. The highest BCUT2D eigenvalue weighted by molar-refractivity contribution is 5.93. The van der Waals surface area contributed by atoms with Crippen LogP contribution in [0.25, 0.3) is 0 Å². The first-order valence-electron chi connectivity index (χ1n) is 12.9. The maximum atomic E-state index is 13.8. The molecule has 2 amide bonds. The van der Waals surface area contributed by atoms with Gasteiger partial charge in [-0.15, -0.1) is 0 Å². The van der Waals surface area contributed by atoms with E-state index in [1.807, 2.05) is 18.7 Å². The largest absolute Gasteiger partial charge is 0.434 e. The molecule has 2 atom stereocenters. The second-order valence-electron chi connectivity index (χ2n) is 10.7. The molecule has 2 aliphatic rings. The summed E-state index contributed by atoms with van der Waals surface area (Å²) < 4.78 is 33.8. The number of anilines is 1. The molecule has 212 valence electrons. The van der Waals surface area contributed by atoms with Crippen LogP contribution in [0, 0.1) is 11.6 Å². The number of nitrogens with zero attached hydrogens (tertiary/aromatic N) is 7. The minimum Gasteiger partial charge on any atom is -0.434 e. The monoisotopic (exact) mass is 556 g/mol. The number of piperazine rings is 1. The number of halogens is 2. The van der Waals surface area contributed by atoms with Crippen LogP contribution in [-0.4, -0.2) is 88.3 Å². The van der Waals surface area contributed by atoms with Crippen LogP contribution >= 0.6 is 0 Å². The van der Waals surface area contributed by atoms with Crippen LogP contribution in [0.2, 0.25) is 0 Å². The summed E-state index contributed by atoms with van der Waals surface area (Å²) in [7, 11) is 0. The number of hydrogen-bond acceptors (Lipinski definition) is 9. The van der Waals surface area contributed by atoms with E-state index in [-0.39, 0.29) is 42.2 Å². The molecule has 0 bridgehead atoms. The van der Waals surface area contributed by atoms with Crippen LogP contribution in [0.5, 0.6) is 11.6 Å². The summed E-state index contributed by atoms with van der Waals surface area (Å²) in [4.78, 5) is 42.4. The van der Waals surface area contributed by atoms with Crippen LogP contribution in [-0.2, 0) is 22.6 Å². The molecule has 12 nitrogen and oxygen atoms in total. The van der Waals surface area contributed by atoms with Crippen molar-refractivity contribution in [3.63, 3.8) is 0 Å². The Morgan fingerprint density at radius 3 is 2.62 bits per heavy atom. The summed E-state index contributed by atoms with van der Waals surface area (Å²) in [5.41, 5.74) is -2.23. The van der Waals surface area contributed by atoms with E-state index in [0.29, 0.717) is 32.1 Å². The molecule has 2 unspecified atom stereocenters. The van der Waals surface area contributed by atoms with Gasteiger partial charge in [-0.25, -0.2) is 28.4 Å². The van der Waals surface area contributed by atoms with Gasteiger partial charge in [0.1, 0.15) is 18.0 Å². The highest BCUT2D eigenvalue weighted by atomic mass is 19.1. The van der Waals surface area contributed by atoms with E-state index in [4.69, 9.17) is 4.74 Å². The number of nitrogens with one attached hydrogen (secondary N) is 1. The molecule has 1 saturated heterocycles. The van der Waals surface area contributed by atoms with Crippen LogP contribution in [0.1, 0.15) is 33.0 Å². The SMILES string of the molecule is CC(C(=O)Nc1cnc(Oc2ccc(F)cc2F)cn1)N1CCN(C(=O)C2(O)CCc3ncnn3C2)C(C)(C)C1. The van der Waals surface area contributed by atoms with Crippen LogP contribution in [0.15, 0.2) is 36.9 Å². The Labute approximate surface area is 229 Å². The fourth-order valence-corrected chi connectivity index (χ4v) is 5.09. The molecule has 14 heteroatoms. The maximum Gasteiger partial charge on any atom is 0.257 e. The molecule has 2 N–H and O–H groups in total. The molecule has 5 rings (SSSR count). The van der Waals surface area contributed by atoms with Crippen LogP contribution < -0.4 is 10.1 Å². The Hall–Kier alpha value is -4.04. The number of aromatic nitrogens is 5. The maximum absolute atomic E-state index is 13.8. The third kappa shape index (κ3) is 5.49. The molecular weight excluding hydrogens is 526 g/mol. The van der Waals surface area contributed by atoms with Gasteiger partial charge in [0.15, 0.2) is 23.0 Å². The normalized spacial score (nSPS) is 21.4. The van der Waals surface area contributed by atoms with Gasteiger partial charge in [-0.1, -0.05) is 0 Å². The zero-order valence-corrected chi connectivity index (χ0v) is 22.3. The first-order chi connectivity index (χ1) is 18.9. The lowest BCUT2D eigenvalue weighted by molar-refractivity contribution is -0.165. The molecule has 1 fully saturated rings. The summed E-state index contributed by atoms with van der Waals surface area (Å²) in [6, 6.07) is 2.34. The number of benzene rings is 1. The van der Waals surface area contributed by atoms with Gasteiger partial charge in [-0.05, 0) is 39.3 Å². The minimum absolute atomic E-state index is 0.0289. The third-order valence-electron chi connectivity index (χ3n) is 7.36. The number of carbonyl (C=O) groups is 2. The molecule has 40 heavy (non-hydrogen) atoms. The molecule has 0 saturated carbocycles. The highest BCUT2D eigenvalue weighted by Gasteiger charge is 2.48. The van der Waals surface area contributed by atoms with E-state index < -0.39 is 28.8 Å².